The molecule has 0 fully saturated rings. The lowest BCUT2D eigenvalue weighted by Gasteiger charge is -2.05. The van der Waals surface area contributed by atoms with Crippen LogP contribution in [0.25, 0.3) is 0 Å². The van der Waals surface area contributed by atoms with Gasteiger partial charge in [-0.2, -0.15) is 11.8 Å². The van der Waals surface area contributed by atoms with Gasteiger partial charge in [-0.1, -0.05) is 26.2 Å². The van der Waals surface area contributed by atoms with Crippen LogP contribution in [0.15, 0.2) is 0 Å². The van der Waals surface area contributed by atoms with Crippen LogP contribution < -0.4 is 5.73 Å². The van der Waals surface area contributed by atoms with Crippen molar-refractivity contribution in [2.45, 2.75) is 51.5 Å². The third-order valence-electron chi connectivity index (χ3n) is 2.26. The van der Waals surface area contributed by atoms with Gasteiger partial charge >= 0.3 is 5.97 Å². The molecule has 0 aromatic carbocycles. The molecule has 0 radical (unpaired) electrons. The topological polar surface area (TPSA) is 63.3 Å². The van der Waals surface area contributed by atoms with Crippen LogP contribution in [0, 0.1) is 0 Å². The minimum Gasteiger partial charge on any atom is -0.480 e. The van der Waals surface area contributed by atoms with Crippen molar-refractivity contribution in [3.05, 3.63) is 0 Å². The summed E-state index contributed by atoms with van der Waals surface area (Å²) >= 11 is 2.00. The van der Waals surface area contributed by atoms with E-state index >= 15 is 0 Å². The second kappa shape index (κ2) is 10.3. The van der Waals surface area contributed by atoms with Crippen LogP contribution in [-0.2, 0) is 4.79 Å². The van der Waals surface area contributed by atoms with Crippen LogP contribution >= 0.6 is 11.8 Å². The first-order valence-electron chi connectivity index (χ1n) is 5.74. The number of unbranched alkanes of at least 4 members (excludes halogenated alkanes) is 3. The van der Waals surface area contributed by atoms with E-state index in [1.807, 2.05) is 11.8 Å². The number of carbonyl (C=O) groups is 1. The van der Waals surface area contributed by atoms with Gasteiger partial charge in [0.15, 0.2) is 0 Å². The van der Waals surface area contributed by atoms with E-state index in [1.54, 1.807) is 0 Å². The van der Waals surface area contributed by atoms with Gasteiger partial charge in [0.1, 0.15) is 6.04 Å². The molecule has 0 rings (SSSR count). The van der Waals surface area contributed by atoms with Crippen molar-refractivity contribution >= 4 is 17.7 Å². The summed E-state index contributed by atoms with van der Waals surface area (Å²) in [5, 5.41) is 8.55. The Balaban J connectivity index is 3.08. The number of carboxylic acids is 1. The second-order valence-corrected chi connectivity index (χ2v) is 4.98. The lowest BCUT2D eigenvalue weighted by molar-refractivity contribution is -0.138. The first-order chi connectivity index (χ1) is 7.18. The molecule has 4 heteroatoms. The van der Waals surface area contributed by atoms with Gasteiger partial charge in [0.2, 0.25) is 0 Å². The second-order valence-electron chi connectivity index (χ2n) is 3.76. The zero-order chi connectivity index (χ0) is 11.5. The Kier molecular flexibility index (Phi) is 10.2. The van der Waals surface area contributed by atoms with E-state index < -0.39 is 12.0 Å². The highest BCUT2D eigenvalue weighted by Gasteiger charge is 2.09. The van der Waals surface area contributed by atoms with Crippen LogP contribution in [0.1, 0.15) is 45.4 Å². The Hall–Kier alpha value is -0.220. The molecule has 0 aliphatic carbocycles. The molecule has 0 aromatic heterocycles. The molecular weight excluding hydrogens is 210 g/mol. The monoisotopic (exact) mass is 233 g/mol. The smallest absolute Gasteiger partial charge is 0.320 e. The lowest BCUT2D eigenvalue weighted by atomic mass is 10.1. The highest BCUT2D eigenvalue weighted by atomic mass is 32.2. The quantitative estimate of drug-likeness (QED) is 0.569. The fourth-order valence-electron chi connectivity index (χ4n) is 1.22. The maximum atomic E-state index is 10.4. The zero-order valence-corrected chi connectivity index (χ0v) is 10.4. The molecule has 0 saturated carbocycles. The summed E-state index contributed by atoms with van der Waals surface area (Å²) < 4.78 is 0. The van der Waals surface area contributed by atoms with Crippen LogP contribution in [0.4, 0.5) is 0 Å². The minimum atomic E-state index is -0.882. The van der Waals surface area contributed by atoms with Gasteiger partial charge in [-0.3, -0.25) is 4.79 Å². The van der Waals surface area contributed by atoms with E-state index in [4.69, 9.17) is 10.8 Å². The normalized spacial score (nSPS) is 12.7. The molecule has 1 unspecified atom stereocenters. The molecule has 1 atom stereocenters. The number of hydrogen-bond acceptors (Lipinski definition) is 3. The molecule has 0 aliphatic rings. The Morgan fingerprint density at radius 2 is 1.93 bits per heavy atom. The summed E-state index contributed by atoms with van der Waals surface area (Å²) in [6.07, 6.45) is 6.38. The maximum Gasteiger partial charge on any atom is 0.320 e. The highest BCUT2D eigenvalue weighted by molar-refractivity contribution is 7.99. The van der Waals surface area contributed by atoms with E-state index in [2.05, 4.69) is 6.92 Å². The van der Waals surface area contributed by atoms with Crippen molar-refractivity contribution in [1.82, 2.24) is 0 Å². The fourth-order valence-corrected chi connectivity index (χ4v) is 2.32. The molecule has 3 N–H and O–H groups in total. The molecule has 0 amide bonds. The zero-order valence-electron chi connectivity index (χ0n) is 9.58. The van der Waals surface area contributed by atoms with Gasteiger partial charge in [0.25, 0.3) is 0 Å². The Morgan fingerprint density at radius 3 is 2.53 bits per heavy atom. The molecule has 0 bridgehead atoms. The molecule has 0 saturated heterocycles. The number of thioether (sulfide) groups is 1. The van der Waals surface area contributed by atoms with E-state index in [-0.39, 0.29) is 0 Å². The van der Waals surface area contributed by atoms with Gasteiger partial charge in [0, 0.05) is 0 Å². The minimum absolute atomic E-state index is 0.606. The fraction of sp³-hybridized carbons (Fsp3) is 0.909. The van der Waals surface area contributed by atoms with E-state index in [0.717, 1.165) is 12.8 Å². The molecule has 0 aromatic rings. The van der Waals surface area contributed by atoms with Crippen molar-refractivity contribution in [3.63, 3.8) is 0 Å². The Labute approximate surface area is 96.8 Å². The SMILES string of the molecule is CCCCSCCCCCC(N)C(=O)O. The average molecular weight is 233 g/mol. The number of rotatable bonds is 10. The number of hydrogen-bond donors (Lipinski definition) is 2. The van der Waals surface area contributed by atoms with Gasteiger partial charge in [-0.15, -0.1) is 0 Å². The molecule has 90 valence electrons. The predicted octanol–water partition coefficient (Wildman–Crippen LogP) is 2.49. The Morgan fingerprint density at radius 1 is 1.27 bits per heavy atom. The van der Waals surface area contributed by atoms with Crippen LogP contribution in [-0.4, -0.2) is 28.6 Å². The van der Waals surface area contributed by atoms with E-state index in [9.17, 15) is 4.79 Å². The summed E-state index contributed by atoms with van der Waals surface area (Å²) in [5.41, 5.74) is 5.39. The molecule has 0 heterocycles. The highest BCUT2D eigenvalue weighted by Crippen LogP contribution is 2.10. The molecule has 3 nitrogen and oxygen atoms in total. The predicted molar refractivity (Wildman–Crippen MR) is 66.3 cm³/mol. The molecular formula is C11H23NO2S. The van der Waals surface area contributed by atoms with Crippen molar-refractivity contribution in [1.29, 1.82) is 0 Å². The summed E-state index contributed by atoms with van der Waals surface area (Å²) in [7, 11) is 0. The number of nitrogens with two attached hydrogens (primary N) is 1. The van der Waals surface area contributed by atoms with Crippen molar-refractivity contribution in [3.8, 4) is 0 Å². The average Bonchev–Trinajstić information content (AvgIpc) is 2.21. The van der Waals surface area contributed by atoms with E-state index in [1.165, 1.54) is 30.8 Å². The molecule has 15 heavy (non-hydrogen) atoms. The largest absolute Gasteiger partial charge is 0.480 e. The number of aliphatic carboxylic acids is 1. The third-order valence-corrected chi connectivity index (χ3v) is 3.42. The summed E-state index contributed by atoms with van der Waals surface area (Å²) in [5.74, 6) is 1.57. The van der Waals surface area contributed by atoms with Crippen LogP contribution in [0.5, 0.6) is 0 Å². The van der Waals surface area contributed by atoms with E-state index in [0.29, 0.717) is 6.42 Å². The van der Waals surface area contributed by atoms with Crippen LogP contribution in [0.3, 0.4) is 0 Å². The number of carboxylic acid groups (broad SMARTS) is 1. The van der Waals surface area contributed by atoms with Crippen LogP contribution in [0.2, 0.25) is 0 Å². The summed E-state index contributed by atoms with van der Waals surface area (Å²) in [6.45, 7) is 2.20. The maximum absolute atomic E-state index is 10.4. The third kappa shape index (κ3) is 10.1. The first kappa shape index (κ1) is 14.8. The first-order valence-corrected chi connectivity index (χ1v) is 6.90. The Bertz CT molecular complexity index is 165. The van der Waals surface area contributed by atoms with Gasteiger partial charge in [0.05, 0.1) is 0 Å². The van der Waals surface area contributed by atoms with Gasteiger partial charge in [-0.25, -0.2) is 0 Å². The van der Waals surface area contributed by atoms with Crippen molar-refractivity contribution < 1.29 is 9.90 Å². The van der Waals surface area contributed by atoms with Crippen molar-refractivity contribution in [2.75, 3.05) is 11.5 Å². The lowest BCUT2D eigenvalue weighted by Crippen LogP contribution is -2.29. The molecule has 0 aliphatic heterocycles. The summed E-state index contributed by atoms with van der Waals surface area (Å²) in [4.78, 5) is 10.4. The van der Waals surface area contributed by atoms with Crippen molar-refractivity contribution in [2.24, 2.45) is 5.73 Å². The summed E-state index contributed by atoms with van der Waals surface area (Å²) in [6, 6.07) is -0.669. The van der Waals surface area contributed by atoms with Gasteiger partial charge in [-0.05, 0) is 30.8 Å². The van der Waals surface area contributed by atoms with Gasteiger partial charge < -0.3 is 10.8 Å². The molecule has 0 spiro atoms. The standard InChI is InChI=1S/C11H23NO2S/c1-2-3-8-15-9-6-4-5-7-10(12)11(13)14/h10H,2-9,12H2,1H3,(H,13,14).